The summed E-state index contributed by atoms with van der Waals surface area (Å²) in [6.07, 6.45) is 2.76. The predicted molar refractivity (Wildman–Crippen MR) is 62.7 cm³/mol. The summed E-state index contributed by atoms with van der Waals surface area (Å²) in [6, 6.07) is 3.13. The average molecular weight is 254 g/mol. The van der Waals surface area contributed by atoms with Crippen molar-refractivity contribution in [2.45, 2.75) is 18.9 Å². The van der Waals surface area contributed by atoms with Crippen LogP contribution in [0.1, 0.15) is 23.3 Å². The molecular formula is C11H12ClN3O2. The van der Waals surface area contributed by atoms with Crippen molar-refractivity contribution < 1.29 is 9.59 Å². The molecule has 1 atom stereocenters. The molecule has 0 saturated carbocycles. The molecule has 1 fully saturated rings. The van der Waals surface area contributed by atoms with Gasteiger partial charge in [-0.25, -0.2) is 0 Å². The zero-order chi connectivity index (χ0) is 12.3. The molecule has 0 aliphatic carbocycles. The Morgan fingerprint density at radius 2 is 2.47 bits per heavy atom. The van der Waals surface area contributed by atoms with Gasteiger partial charge >= 0.3 is 0 Å². The SMILES string of the molecule is O=C1CCC(CNC(=O)c2cc(Cl)ccn2)N1. The van der Waals surface area contributed by atoms with E-state index in [0.29, 0.717) is 18.0 Å². The number of hydrogen-bond donors (Lipinski definition) is 2. The highest BCUT2D eigenvalue weighted by molar-refractivity contribution is 6.30. The summed E-state index contributed by atoms with van der Waals surface area (Å²) < 4.78 is 0. The summed E-state index contributed by atoms with van der Waals surface area (Å²) in [5, 5.41) is 5.96. The van der Waals surface area contributed by atoms with E-state index >= 15 is 0 Å². The molecule has 2 amide bonds. The Labute approximate surface area is 104 Å². The molecule has 0 radical (unpaired) electrons. The van der Waals surface area contributed by atoms with Gasteiger partial charge in [0.2, 0.25) is 5.91 Å². The normalized spacial score (nSPS) is 18.9. The van der Waals surface area contributed by atoms with Gasteiger partial charge in [0.25, 0.3) is 5.91 Å². The van der Waals surface area contributed by atoms with Gasteiger partial charge in [-0.2, -0.15) is 0 Å². The Kier molecular flexibility index (Phi) is 3.58. The van der Waals surface area contributed by atoms with E-state index in [4.69, 9.17) is 11.6 Å². The van der Waals surface area contributed by atoms with Crippen LogP contribution in [0, 0.1) is 0 Å². The van der Waals surface area contributed by atoms with Crippen LogP contribution < -0.4 is 10.6 Å². The summed E-state index contributed by atoms with van der Waals surface area (Å²) >= 11 is 5.76. The molecule has 1 aromatic heterocycles. The lowest BCUT2D eigenvalue weighted by atomic mass is 10.2. The number of carbonyl (C=O) groups excluding carboxylic acids is 2. The summed E-state index contributed by atoms with van der Waals surface area (Å²) in [5.74, 6) is -0.251. The fraction of sp³-hybridized carbons (Fsp3) is 0.364. The molecule has 2 N–H and O–H groups in total. The van der Waals surface area contributed by atoms with Crippen molar-refractivity contribution in [3.63, 3.8) is 0 Å². The predicted octanol–water partition coefficient (Wildman–Crippen LogP) is 0.743. The second kappa shape index (κ2) is 5.14. The van der Waals surface area contributed by atoms with Crippen LogP contribution in [0.2, 0.25) is 5.02 Å². The van der Waals surface area contributed by atoms with Crippen molar-refractivity contribution in [3.05, 3.63) is 29.0 Å². The standard InChI is InChI=1S/C11H12ClN3O2/c12-7-3-4-13-9(5-7)11(17)14-6-8-1-2-10(16)15-8/h3-5,8H,1-2,6H2,(H,14,17)(H,15,16). The Morgan fingerprint density at radius 3 is 3.12 bits per heavy atom. The molecule has 1 saturated heterocycles. The quantitative estimate of drug-likeness (QED) is 0.835. The first-order chi connectivity index (χ1) is 8.15. The molecule has 1 unspecified atom stereocenters. The van der Waals surface area contributed by atoms with Crippen LogP contribution in [0.15, 0.2) is 18.3 Å². The number of pyridine rings is 1. The Morgan fingerprint density at radius 1 is 1.65 bits per heavy atom. The number of carbonyl (C=O) groups is 2. The second-order valence-corrected chi connectivity index (χ2v) is 4.31. The maximum Gasteiger partial charge on any atom is 0.270 e. The Bertz CT molecular complexity index is 450. The van der Waals surface area contributed by atoms with Gasteiger partial charge in [0.1, 0.15) is 5.69 Å². The molecule has 0 aromatic carbocycles. The zero-order valence-corrected chi connectivity index (χ0v) is 9.83. The third kappa shape index (κ3) is 3.17. The van der Waals surface area contributed by atoms with Crippen molar-refractivity contribution in [1.29, 1.82) is 0 Å². The maximum absolute atomic E-state index is 11.7. The van der Waals surface area contributed by atoms with Gasteiger partial charge < -0.3 is 10.6 Å². The Balaban J connectivity index is 1.87. The molecule has 6 heteroatoms. The van der Waals surface area contributed by atoms with E-state index in [2.05, 4.69) is 15.6 Å². The monoisotopic (exact) mass is 253 g/mol. The van der Waals surface area contributed by atoms with Crippen LogP contribution in [0.25, 0.3) is 0 Å². The van der Waals surface area contributed by atoms with Crippen molar-refractivity contribution in [2.24, 2.45) is 0 Å². The smallest absolute Gasteiger partial charge is 0.270 e. The van der Waals surface area contributed by atoms with Crippen molar-refractivity contribution in [1.82, 2.24) is 15.6 Å². The van der Waals surface area contributed by atoms with Gasteiger partial charge in [-0.1, -0.05) is 11.6 Å². The number of rotatable bonds is 3. The lowest BCUT2D eigenvalue weighted by Crippen LogP contribution is -2.38. The summed E-state index contributed by atoms with van der Waals surface area (Å²) in [5.41, 5.74) is 0.279. The highest BCUT2D eigenvalue weighted by Crippen LogP contribution is 2.08. The molecular weight excluding hydrogens is 242 g/mol. The largest absolute Gasteiger partial charge is 0.352 e. The molecule has 0 bridgehead atoms. The summed E-state index contributed by atoms with van der Waals surface area (Å²) in [6.45, 7) is 0.415. The second-order valence-electron chi connectivity index (χ2n) is 3.87. The molecule has 1 aromatic rings. The molecule has 0 spiro atoms. The highest BCUT2D eigenvalue weighted by Gasteiger charge is 2.21. The van der Waals surface area contributed by atoms with Gasteiger partial charge in [0, 0.05) is 30.2 Å². The van der Waals surface area contributed by atoms with E-state index in [1.54, 1.807) is 6.07 Å². The maximum atomic E-state index is 11.7. The minimum Gasteiger partial charge on any atom is -0.352 e. The summed E-state index contributed by atoms with van der Waals surface area (Å²) in [7, 11) is 0. The van der Waals surface area contributed by atoms with Crippen LogP contribution >= 0.6 is 11.6 Å². The van der Waals surface area contributed by atoms with Crippen molar-refractivity contribution in [3.8, 4) is 0 Å². The van der Waals surface area contributed by atoms with Gasteiger partial charge in [-0.3, -0.25) is 14.6 Å². The number of nitrogens with zero attached hydrogens (tertiary/aromatic N) is 1. The molecule has 5 nitrogen and oxygen atoms in total. The number of hydrogen-bond acceptors (Lipinski definition) is 3. The number of halogens is 1. The van der Waals surface area contributed by atoms with Crippen LogP contribution in [0.4, 0.5) is 0 Å². The number of nitrogens with one attached hydrogen (secondary N) is 2. The van der Waals surface area contributed by atoms with E-state index in [1.165, 1.54) is 12.3 Å². The lowest BCUT2D eigenvalue weighted by molar-refractivity contribution is -0.119. The average Bonchev–Trinajstić information content (AvgIpc) is 2.72. The van der Waals surface area contributed by atoms with Crippen LogP contribution in [0.5, 0.6) is 0 Å². The van der Waals surface area contributed by atoms with Gasteiger partial charge in [0.15, 0.2) is 0 Å². The fourth-order valence-electron chi connectivity index (χ4n) is 1.67. The van der Waals surface area contributed by atoms with Crippen LogP contribution in [-0.4, -0.2) is 29.4 Å². The minimum absolute atomic E-state index is 0.0191. The lowest BCUT2D eigenvalue weighted by Gasteiger charge is -2.10. The molecule has 2 heterocycles. The van der Waals surface area contributed by atoms with E-state index in [-0.39, 0.29) is 23.6 Å². The van der Waals surface area contributed by atoms with Gasteiger partial charge in [0.05, 0.1) is 0 Å². The molecule has 2 rings (SSSR count). The zero-order valence-electron chi connectivity index (χ0n) is 9.07. The van der Waals surface area contributed by atoms with E-state index < -0.39 is 0 Å². The molecule has 17 heavy (non-hydrogen) atoms. The van der Waals surface area contributed by atoms with E-state index in [1.807, 2.05) is 0 Å². The molecule has 90 valence electrons. The van der Waals surface area contributed by atoms with Crippen molar-refractivity contribution >= 4 is 23.4 Å². The third-order valence-corrected chi connectivity index (χ3v) is 2.78. The van der Waals surface area contributed by atoms with Gasteiger partial charge in [-0.15, -0.1) is 0 Å². The Hall–Kier alpha value is -1.62. The molecule has 1 aliphatic heterocycles. The first kappa shape index (κ1) is 11.9. The topological polar surface area (TPSA) is 71.1 Å². The van der Waals surface area contributed by atoms with Gasteiger partial charge in [-0.05, 0) is 18.6 Å². The molecule has 1 aliphatic rings. The summed E-state index contributed by atoms with van der Waals surface area (Å²) in [4.78, 5) is 26.6. The van der Waals surface area contributed by atoms with E-state index in [0.717, 1.165) is 6.42 Å². The first-order valence-corrected chi connectivity index (χ1v) is 5.72. The van der Waals surface area contributed by atoms with Crippen LogP contribution in [0.3, 0.4) is 0 Å². The third-order valence-electron chi connectivity index (χ3n) is 2.55. The number of amides is 2. The fourth-order valence-corrected chi connectivity index (χ4v) is 1.83. The van der Waals surface area contributed by atoms with Crippen molar-refractivity contribution in [2.75, 3.05) is 6.54 Å². The first-order valence-electron chi connectivity index (χ1n) is 5.34. The van der Waals surface area contributed by atoms with E-state index in [9.17, 15) is 9.59 Å². The minimum atomic E-state index is -0.284. The van der Waals surface area contributed by atoms with Crippen LogP contribution in [-0.2, 0) is 4.79 Å². The number of aromatic nitrogens is 1. The highest BCUT2D eigenvalue weighted by atomic mass is 35.5.